The summed E-state index contributed by atoms with van der Waals surface area (Å²) in [7, 11) is 2.86. The van der Waals surface area contributed by atoms with E-state index in [1.807, 2.05) is 0 Å². The number of anilines is 1. The summed E-state index contributed by atoms with van der Waals surface area (Å²) in [5, 5.41) is 3.45. The van der Waals surface area contributed by atoms with Crippen molar-refractivity contribution in [3.63, 3.8) is 0 Å². The lowest BCUT2D eigenvalue weighted by molar-refractivity contribution is -0.122. The Morgan fingerprint density at radius 1 is 0.914 bits per heavy atom. The van der Waals surface area contributed by atoms with Crippen molar-refractivity contribution in [2.24, 2.45) is 0 Å². The van der Waals surface area contributed by atoms with Crippen LogP contribution in [0, 0.1) is 0 Å². The van der Waals surface area contributed by atoms with E-state index in [-0.39, 0.29) is 5.56 Å². The van der Waals surface area contributed by atoms with Gasteiger partial charge in [-0.05, 0) is 54.1 Å². The van der Waals surface area contributed by atoms with E-state index in [1.165, 1.54) is 7.11 Å². The monoisotopic (exact) mass is 471 g/mol. The van der Waals surface area contributed by atoms with Crippen LogP contribution < -0.4 is 20.4 Å². The summed E-state index contributed by atoms with van der Waals surface area (Å²) < 4.78 is 21.6. The Morgan fingerprint density at radius 2 is 1.63 bits per heavy atom. The average Bonchev–Trinajstić information content (AvgIpc) is 3.31. The molecular weight excluding hydrogens is 450 g/mol. The number of hydrogen-bond donors (Lipinski definition) is 1. The predicted octanol–water partition coefficient (Wildman–Crippen LogP) is 4.12. The van der Waals surface area contributed by atoms with E-state index in [0.717, 1.165) is 0 Å². The fourth-order valence-electron chi connectivity index (χ4n) is 4.26. The van der Waals surface area contributed by atoms with Crippen molar-refractivity contribution in [1.29, 1.82) is 0 Å². The van der Waals surface area contributed by atoms with Gasteiger partial charge >= 0.3 is 11.6 Å². The highest BCUT2D eigenvalue weighted by Crippen LogP contribution is 2.44. The first kappa shape index (κ1) is 22.2. The fraction of sp³-hybridized carbons (Fsp3) is 0.148. The number of methoxy groups -OCH3 is 2. The van der Waals surface area contributed by atoms with Crippen molar-refractivity contribution < 1.29 is 28.2 Å². The van der Waals surface area contributed by atoms with Gasteiger partial charge in [-0.15, -0.1) is 0 Å². The molecule has 4 aromatic rings. The molecule has 8 heteroatoms. The summed E-state index contributed by atoms with van der Waals surface area (Å²) in [6.07, 6.45) is -1.05. The van der Waals surface area contributed by atoms with Crippen LogP contribution in [0.25, 0.3) is 11.0 Å². The van der Waals surface area contributed by atoms with E-state index in [2.05, 4.69) is 5.32 Å². The molecule has 2 atom stereocenters. The molecule has 1 N–H and O–H groups in total. The van der Waals surface area contributed by atoms with E-state index in [4.69, 9.17) is 18.6 Å². The normalized spacial score (nSPS) is 16.3. The van der Waals surface area contributed by atoms with Crippen LogP contribution in [-0.4, -0.2) is 32.2 Å². The number of hydrogen-bond acceptors (Lipinski definition) is 7. The maximum atomic E-state index is 13.4. The number of esters is 1. The number of para-hydroxylation sites is 1. The summed E-state index contributed by atoms with van der Waals surface area (Å²) in [4.78, 5) is 38.4. The summed E-state index contributed by atoms with van der Waals surface area (Å²) in [6, 6.07) is 20.4. The molecule has 8 nitrogen and oxygen atoms in total. The molecule has 0 fully saturated rings. The highest BCUT2D eigenvalue weighted by atomic mass is 16.5. The van der Waals surface area contributed by atoms with Gasteiger partial charge in [0.2, 0.25) is 0 Å². The summed E-state index contributed by atoms with van der Waals surface area (Å²) >= 11 is 0. The molecule has 0 unspecified atom stereocenters. The highest BCUT2D eigenvalue weighted by Gasteiger charge is 2.44. The molecule has 5 rings (SSSR count). The van der Waals surface area contributed by atoms with Gasteiger partial charge in [-0.2, -0.15) is 0 Å². The molecule has 0 bridgehead atoms. The SMILES string of the molecule is COC(=O)c1ccc([C@@H]2c3c(c4ccccc4oc3=O)O[C@H]2C(=O)Nc2ccc(OC)cc2)cc1. The summed E-state index contributed by atoms with van der Waals surface area (Å²) in [5.41, 5.74) is 1.55. The number of carbonyl (C=O) groups excluding carboxylic acids is 2. The molecule has 0 aliphatic carbocycles. The van der Waals surface area contributed by atoms with Gasteiger partial charge in [0.1, 0.15) is 17.1 Å². The minimum absolute atomic E-state index is 0.254. The smallest absolute Gasteiger partial charge is 0.344 e. The van der Waals surface area contributed by atoms with Crippen LogP contribution in [0.1, 0.15) is 27.4 Å². The van der Waals surface area contributed by atoms with Gasteiger partial charge in [0, 0.05) is 5.69 Å². The largest absolute Gasteiger partial charge is 0.497 e. The zero-order chi connectivity index (χ0) is 24.5. The Bertz CT molecular complexity index is 1470. The van der Waals surface area contributed by atoms with Gasteiger partial charge < -0.3 is 23.9 Å². The molecule has 0 saturated heterocycles. The number of amides is 1. The van der Waals surface area contributed by atoms with Crippen LogP contribution in [0.2, 0.25) is 0 Å². The minimum atomic E-state index is -1.05. The number of fused-ring (bicyclic) bond motifs is 3. The summed E-state index contributed by atoms with van der Waals surface area (Å²) in [6.45, 7) is 0. The zero-order valence-electron chi connectivity index (χ0n) is 18.9. The predicted molar refractivity (Wildman–Crippen MR) is 128 cm³/mol. The highest BCUT2D eigenvalue weighted by molar-refractivity contribution is 5.98. The lowest BCUT2D eigenvalue weighted by Crippen LogP contribution is -2.35. The standard InChI is InChI=1S/C27H21NO7/c1-32-18-13-11-17(12-14-18)28-25(29)24-21(15-7-9-16(10-8-15)26(30)33-2)22-23(35-24)19-5-3-4-6-20(19)34-27(22)31/h3-14,21,24H,1-2H3,(H,28,29)/t21-,24-/m1/s1. The van der Waals surface area contributed by atoms with E-state index in [0.29, 0.717) is 39.3 Å². The zero-order valence-corrected chi connectivity index (χ0v) is 18.9. The Labute approximate surface area is 200 Å². The number of ether oxygens (including phenoxy) is 3. The van der Waals surface area contributed by atoms with Gasteiger partial charge in [-0.1, -0.05) is 24.3 Å². The van der Waals surface area contributed by atoms with Crippen LogP contribution >= 0.6 is 0 Å². The molecule has 2 heterocycles. The number of benzene rings is 3. The lowest BCUT2D eigenvalue weighted by atomic mass is 9.87. The molecule has 1 aliphatic rings. The maximum Gasteiger partial charge on any atom is 0.344 e. The van der Waals surface area contributed by atoms with Gasteiger partial charge in [-0.3, -0.25) is 4.79 Å². The third-order valence-electron chi connectivity index (χ3n) is 5.96. The van der Waals surface area contributed by atoms with E-state index >= 15 is 0 Å². The van der Waals surface area contributed by atoms with Crippen molar-refractivity contribution in [2.75, 3.05) is 19.5 Å². The van der Waals surface area contributed by atoms with E-state index in [1.54, 1.807) is 79.9 Å². The van der Waals surface area contributed by atoms with Crippen LogP contribution in [0.5, 0.6) is 11.5 Å². The average molecular weight is 471 g/mol. The van der Waals surface area contributed by atoms with E-state index in [9.17, 15) is 14.4 Å². The van der Waals surface area contributed by atoms with Crippen LogP contribution in [0.3, 0.4) is 0 Å². The molecule has 0 spiro atoms. The molecule has 0 saturated carbocycles. The van der Waals surface area contributed by atoms with Gasteiger partial charge in [0.25, 0.3) is 5.91 Å². The number of rotatable bonds is 5. The van der Waals surface area contributed by atoms with Crippen LogP contribution in [0.15, 0.2) is 82.0 Å². The molecule has 1 aliphatic heterocycles. The Kier molecular flexibility index (Phi) is 5.70. The van der Waals surface area contributed by atoms with Crippen molar-refractivity contribution >= 4 is 28.5 Å². The molecular formula is C27H21NO7. The van der Waals surface area contributed by atoms with Gasteiger partial charge in [0.15, 0.2) is 6.10 Å². The number of carbonyl (C=O) groups is 2. The van der Waals surface area contributed by atoms with Crippen molar-refractivity contribution in [3.05, 3.63) is 99.9 Å². The van der Waals surface area contributed by atoms with Gasteiger partial charge in [0.05, 0.1) is 36.7 Å². The molecule has 1 aromatic heterocycles. The van der Waals surface area contributed by atoms with Crippen molar-refractivity contribution in [1.82, 2.24) is 0 Å². The van der Waals surface area contributed by atoms with Crippen molar-refractivity contribution in [3.8, 4) is 11.5 Å². The van der Waals surface area contributed by atoms with Crippen molar-refractivity contribution in [2.45, 2.75) is 12.0 Å². The van der Waals surface area contributed by atoms with E-state index < -0.39 is 29.5 Å². The lowest BCUT2D eigenvalue weighted by Gasteiger charge is -2.19. The second kappa shape index (κ2) is 8.98. The number of nitrogens with one attached hydrogen (secondary N) is 1. The topological polar surface area (TPSA) is 104 Å². The summed E-state index contributed by atoms with van der Waals surface area (Å²) in [5.74, 6) is -0.708. The molecule has 35 heavy (non-hydrogen) atoms. The third kappa shape index (κ3) is 3.99. The molecule has 0 radical (unpaired) electrons. The van der Waals surface area contributed by atoms with Crippen LogP contribution in [-0.2, 0) is 9.53 Å². The quantitative estimate of drug-likeness (QED) is 0.345. The Hall–Kier alpha value is -4.59. The first-order valence-corrected chi connectivity index (χ1v) is 10.9. The molecule has 3 aromatic carbocycles. The second-order valence-corrected chi connectivity index (χ2v) is 7.98. The third-order valence-corrected chi connectivity index (χ3v) is 5.96. The molecule has 176 valence electrons. The van der Waals surface area contributed by atoms with Crippen LogP contribution in [0.4, 0.5) is 5.69 Å². The van der Waals surface area contributed by atoms with Gasteiger partial charge in [-0.25, -0.2) is 9.59 Å². The Morgan fingerprint density at radius 3 is 2.31 bits per heavy atom. The second-order valence-electron chi connectivity index (χ2n) is 7.98. The fourth-order valence-corrected chi connectivity index (χ4v) is 4.26. The maximum absolute atomic E-state index is 13.4. The Balaban J connectivity index is 1.58. The minimum Gasteiger partial charge on any atom is -0.497 e. The first-order chi connectivity index (χ1) is 17.0. The molecule has 1 amide bonds. The first-order valence-electron chi connectivity index (χ1n) is 10.9.